The number of hydrogen-bond acceptors (Lipinski definition) is 3. The summed E-state index contributed by atoms with van der Waals surface area (Å²) in [6, 6.07) is 8.09. The molecule has 2 atom stereocenters. The molecule has 1 aromatic carbocycles. The summed E-state index contributed by atoms with van der Waals surface area (Å²) >= 11 is 0. The highest BCUT2D eigenvalue weighted by atomic mass is 16.5. The summed E-state index contributed by atoms with van der Waals surface area (Å²) in [5.41, 5.74) is 0.782. The second-order valence-electron chi connectivity index (χ2n) is 5.76. The topological polar surface area (TPSA) is 50.4 Å². The molecular weight excluding hydrogens is 264 g/mol. The van der Waals surface area contributed by atoms with E-state index in [1.54, 1.807) is 0 Å². The average molecular weight is 290 g/mol. The first kappa shape index (κ1) is 15.8. The number of amides is 1. The molecule has 4 nitrogen and oxygen atoms in total. The fraction of sp³-hybridized carbons (Fsp3) is 0.588. The highest BCUT2D eigenvalue weighted by molar-refractivity contribution is 5.94. The van der Waals surface area contributed by atoms with Crippen LogP contribution in [0.25, 0.3) is 0 Å². The number of hydrogen-bond donors (Lipinski definition) is 2. The lowest BCUT2D eigenvalue weighted by molar-refractivity contribution is -0.120. The van der Waals surface area contributed by atoms with Crippen molar-refractivity contribution in [3.63, 3.8) is 0 Å². The molecule has 0 saturated carbocycles. The molecule has 1 aliphatic rings. The third kappa shape index (κ3) is 4.74. The van der Waals surface area contributed by atoms with Gasteiger partial charge in [-0.25, -0.2) is 0 Å². The van der Waals surface area contributed by atoms with Crippen LogP contribution in [0.15, 0.2) is 24.3 Å². The molecule has 0 radical (unpaired) electrons. The number of ether oxygens (including phenoxy) is 1. The molecule has 2 N–H and O–H groups in total. The summed E-state index contributed by atoms with van der Waals surface area (Å²) in [6.45, 7) is 5.86. The van der Waals surface area contributed by atoms with E-state index >= 15 is 0 Å². The van der Waals surface area contributed by atoms with Crippen LogP contribution in [0.5, 0.6) is 5.75 Å². The Morgan fingerprint density at radius 1 is 1.43 bits per heavy atom. The minimum Gasteiger partial charge on any atom is -0.491 e. The van der Waals surface area contributed by atoms with Gasteiger partial charge in [-0.3, -0.25) is 4.79 Å². The normalized spacial score (nSPS) is 21.8. The van der Waals surface area contributed by atoms with Crippen LogP contribution in [0.3, 0.4) is 0 Å². The highest BCUT2D eigenvalue weighted by Gasteiger charge is 2.25. The summed E-state index contributed by atoms with van der Waals surface area (Å²) in [5.74, 6) is 0.959. The van der Waals surface area contributed by atoms with E-state index in [0.29, 0.717) is 12.6 Å². The van der Waals surface area contributed by atoms with Crippen LogP contribution in [-0.4, -0.2) is 25.1 Å². The van der Waals surface area contributed by atoms with Gasteiger partial charge in [0.2, 0.25) is 5.91 Å². The number of rotatable bonds is 6. The van der Waals surface area contributed by atoms with Crippen molar-refractivity contribution >= 4 is 11.6 Å². The first-order chi connectivity index (χ1) is 10.2. The van der Waals surface area contributed by atoms with Gasteiger partial charge in [0, 0.05) is 12.0 Å². The van der Waals surface area contributed by atoms with Gasteiger partial charge in [-0.15, -0.1) is 0 Å². The van der Waals surface area contributed by atoms with Crippen molar-refractivity contribution in [1.82, 2.24) is 5.32 Å². The Morgan fingerprint density at radius 3 is 3.00 bits per heavy atom. The van der Waals surface area contributed by atoms with Crippen molar-refractivity contribution in [2.24, 2.45) is 5.92 Å². The van der Waals surface area contributed by atoms with E-state index < -0.39 is 0 Å². The number of piperidine rings is 1. The maximum atomic E-state index is 12.4. The first-order valence-corrected chi connectivity index (χ1v) is 7.96. The molecule has 1 fully saturated rings. The van der Waals surface area contributed by atoms with Crippen molar-refractivity contribution < 1.29 is 9.53 Å². The second-order valence-corrected chi connectivity index (χ2v) is 5.76. The zero-order chi connectivity index (χ0) is 15.1. The Bertz CT molecular complexity index is 462. The SMILES string of the molecule is CCCCOc1ccccc1NC(=O)[C@H]1CCN[C@@H](C)C1. The van der Waals surface area contributed by atoms with Gasteiger partial charge in [0.15, 0.2) is 0 Å². The molecule has 0 bridgehead atoms. The summed E-state index contributed by atoms with van der Waals surface area (Å²) in [5, 5.41) is 6.41. The van der Waals surface area contributed by atoms with Crippen LogP contribution < -0.4 is 15.4 Å². The number of anilines is 1. The van der Waals surface area contributed by atoms with Crippen LogP contribution in [0, 0.1) is 5.92 Å². The summed E-state index contributed by atoms with van der Waals surface area (Å²) in [7, 11) is 0. The van der Waals surface area contributed by atoms with E-state index in [4.69, 9.17) is 4.74 Å². The maximum Gasteiger partial charge on any atom is 0.227 e. The quantitative estimate of drug-likeness (QED) is 0.791. The second kappa shape index (κ2) is 8.03. The standard InChI is InChI=1S/C17H26N2O2/c1-3-4-11-21-16-8-6-5-7-15(16)19-17(20)14-9-10-18-13(2)12-14/h5-8,13-14,18H,3-4,9-12H2,1-2H3,(H,19,20)/t13-,14-/m0/s1. The van der Waals surface area contributed by atoms with Crippen molar-refractivity contribution in [2.45, 2.75) is 45.6 Å². The zero-order valence-corrected chi connectivity index (χ0v) is 13.0. The number of nitrogens with one attached hydrogen (secondary N) is 2. The predicted molar refractivity (Wildman–Crippen MR) is 85.7 cm³/mol. The zero-order valence-electron chi connectivity index (χ0n) is 13.0. The van der Waals surface area contributed by atoms with E-state index in [2.05, 4.69) is 24.5 Å². The van der Waals surface area contributed by atoms with E-state index in [1.165, 1.54) is 0 Å². The fourth-order valence-electron chi connectivity index (χ4n) is 2.63. The summed E-state index contributed by atoms with van der Waals surface area (Å²) < 4.78 is 5.76. The first-order valence-electron chi connectivity index (χ1n) is 7.96. The van der Waals surface area contributed by atoms with Crippen molar-refractivity contribution in [3.05, 3.63) is 24.3 Å². The van der Waals surface area contributed by atoms with Crippen molar-refractivity contribution in [3.8, 4) is 5.75 Å². The Hall–Kier alpha value is -1.55. The van der Waals surface area contributed by atoms with Crippen LogP contribution in [-0.2, 0) is 4.79 Å². The fourth-order valence-corrected chi connectivity index (χ4v) is 2.63. The average Bonchev–Trinajstić information content (AvgIpc) is 2.49. The third-order valence-electron chi connectivity index (χ3n) is 3.89. The Labute approximate surface area is 127 Å². The molecule has 0 spiro atoms. The molecule has 4 heteroatoms. The monoisotopic (exact) mass is 290 g/mol. The van der Waals surface area contributed by atoms with Gasteiger partial charge in [-0.1, -0.05) is 25.5 Å². The number of para-hydroxylation sites is 2. The summed E-state index contributed by atoms with van der Waals surface area (Å²) in [4.78, 5) is 12.4. The molecule has 2 rings (SSSR count). The lowest BCUT2D eigenvalue weighted by atomic mass is 9.92. The van der Waals surface area contributed by atoms with Crippen LogP contribution >= 0.6 is 0 Å². The Balaban J connectivity index is 1.96. The number of benzene rings is 1. The van der Waals surface area contributed by atoms with Crippen LogP contribution in [0.4, 0.5) is 5.69 Å². The van der Waals surface area contributed by atoms with Gasteiger partial charge in [-0.2, -0.15) is 0 Å². The van der Waals surface area contributed by atoms with E-state index in [-0.39, 0.29) is 11.8 Å². The molecule has 1 saturated heterocycles. The van der Waals surface area contributed by atoms with Gasteiger partial charge >= 0.3 is 0 Å². The van der Waals surface area contributed by atoms with Gasteiger partial charge in [0.25, 0.3) is 0 Å². The molecule has 1 aliphatic heterocycles. The van der Waals surface area contributed by atoms with Gasteiger partial charge in [-0.05, 0) is 44.9 Å². The highest BCUT2D eigenvalue weighted by Crippen LogP contribution is 2.26. The molecule has 0 aromatic heterocycles. The van der Waals surface area contributed by atoms with Gasteiger partial charge in [0.1, 0.15) is 5.75 Å². The number of carbonyl (C=O) groups excluding carboxylic acids is 1. The minimum atomic E-state index is 0.0879. The lowest BCUT2D eigenvalue weighted by Gasteiger charge is -2.27. The molecule has 1 amide bonds. The predicted octanol–water partition coefficient (Wildman–Crippen LogP) is 3.19. The molecule has 116 valence electrons. The Morgan fingerprint density at radius 2 is 2.24 bits per heavy atom. The van der Waals surface area contributed by atoms with E-state index in [1.807, 2.05) is 24.3 Å². The van der Waals surface area contributed by atoms with E-state index in [9.17, 15) is 4.79 Å². The largest absolute Gasteiger partial charge is 0.491 e. The third-order valence-corrected chi connectivity index (χ3v) is 3.89. The smallest absolute Gasteiger partial charge is 0.227 e. The lowest BCUT2D eigenvalue weighted by Crippen LogP contribution is -2.40. The van der Waals surface area contributed by atoms with Crippen LogP contribution in [0.2, 0.25) is 0 Å². The molecular formula is C17H26N2O2. The van der Waals surface area contributed by atoms with Gasteiger partial charge in [0.05, 0.1) is 12.3 Å². The Kier molecular flexibility index (Phi) is 6.05. The molecule has 1 heterocycles. The van der Waals surface area contributed by atoms with E-state index in [0.717, 1.165) is 43.7 Å². The van der Waals surface area contributed by atoms with Gasteiger partial charge < -0.3 is 15.4 Å². The van der Waals surface area contributed by atoms with Crippen molar-refractivity contribution in [2.75, 3.05) is 18.5 Å². The number of unbranched alkanes of at least 4 members (excludes halogenated alkanes) is 1. The molecule has 1 aromatic rings. The van der Waals surface area contributed by atoms with Crippen molar-refractivity contribution in [1.29, 1.82) is 0 Å². The molecule has 0 unspecified atom stereocenters. The minimum absolute atomic E-state index is 0.0879. The maximum absolute atomic E-state index is 12.4. The molecule has 0 aliphatic carbocycles. The number of carbonyl (C=O) groups is 1. The van der Waals surface area contributed by atoms with Crippen LogP contribution in [0.1, 0.15) is 39.5 Å². The molecule has 21 heavy (non-hydrogen) atoms. The summed E-state index contributed by atoms with van der Waals surface area (Å²) in [6.07, 6.45) is 3.91.